The Kier molecular flexibility index (Phi) is 5.41. The smallest absolute Gasteiger partial charge is 0.326 e. The average Bonchev–Trinajstić information content (AvgIpc) is 2.69. The highest BCUT2D eigenvalue weighted by molar-refractivity contribution is 5.84. The lowest BCUT2D eigenvalue weighted by Gasteiger charge is -2.16. The van der Waals surface area contributed by atoms with Crippen molar-refractivity contribution in [1.82, 2.24) is 16.0 Å². The Morgan fingerprint density at radius 2 is 2.28 bits per heavy atom. The molecule has 2 atom stereocenters. The molecule has 0 aliphatic carbocycles. The molecule has 0 bridgehead atoms. The quantitative estimate of drug-likeness (QED) is 0.529. The van der Waals surface area contributed by atoms with Gasteiger partial charge in [0.15, 0.2) is 0 Å². The standard InChI is InChI=1S/C11H19N3O4/c1-2-3-4-8(10(16)17)14-11(18)13-7-5-9(15)12-6-7/h7-8H,2-6H2,1H3,(H,12,15)(H,16,17)(H2,13,14,18). The molecule has 1 aliphatic rings. The summed E-state index contributed by atoms with van der Waals surface area (Å²) < 4.78 is 0. The van der Waals surface area contributed by atoms with Gasteiger partial charge in [0.25, 0.3) is 0 Å². The average molecular weight is 257 g/mol. The number of hydrogen-bond acceptors (Lipinski definition) is 3. The molecule has 7 nitrogen and oxygen atoms in total. The Balaban J connectivity index is 2.36. The molecule has 7 heteroatoms. The highest BCUT2D eigenvalue weighted by Crippen LogP contribution is 2.02. The molecule has 0 aromatic rings. The first-order valence-electron chi connectivity index (χ1n) is 6.09. The van der Waals surface area contributed by atoms with Gasteiger partial charge in [-0.05, 0) is 6.42 Å². The van der Waals surface area contributed by atoms with Crippen LogP contribution in [0.15, 0.2) is 0 Å². The van der Waals surface area contributed by atoms with Crippen LogP contribution in [-0.2, 0) is 9.59 Å². The largest absolute Gasteiger partial charge is 0.480 e. The summed E-state index contributed by atoms with van der Waals surface area (Å²) in [5.74, 6) is -1.15. The molecule has 102 valence electrons. The zero-order chi connectivity index (χ0) is 13.5. The number of carbonyl (C=O) groups is 3. The van der Waals surface area contributed by atoms with E-state index in [2.05, 4.69) is 16.0 Å². The van der Waals surface area contributed by atoms with Crippen LogP contribution in [0.3, 0.4) is 0 Å². The maximum atomic E-state index is 11.6. The third kappa shape index (κ3) is 4.60. The fraction of sp³-hybridized carbons (Fsp3) is 0.727. The van der Waals surface area contributed by atoms with Crippen LogP contribution in [0.25, 0.3) is 0 Å². The van der Waals surface area contributed by atoms with Gasteiger partial charge in [0.1, 0.15) is 6.04 Å². The predicted octanol–water partition coefficient (Wildman–Crippen LogP) is -0.182. The zero-order valence-corrected chi connectivity index (χ0v) is 10.4. The second-order valence-corrected chi connectivity index (χ2v) is 4.36. The number of rotatable bonds is 6. The molecule has 1 fully saturated rings. The first kappa shape index (κ1) is 14.3. The molecule has 1 rings (SSSR count). The molecular formula is C11H19N3O4. The molecule has 0 saturated carbocycles. The van der Waals surface area contributed by atoms with Crippen LogP contribution < -0.4 is 16.0 Å². The molecule has 1 heterocycles. The van der Waals surface area contributed by atoms with Crippen molar-refractivity contribution in [3.05, 3.63) is 0 Å². The van der Waals surface area contributed by atoms with Crippen molar-refractivity contribution in [2.75, 3.05) is 6.54 Å². The Morgan fingerprint density at radius 3 is 2.78 bits per heavy atom. The van der Waals surface area contributed by atoms with Gasteiger partial charge in [0.2, 0.25) is 5.91 Å². The Morgan fingerprint density at radius 1 is 1.56 bits per heavy atom. The summed E-state index contributed by atoms with van der Waals surface area (Å²) in [7, 11) is 0. The van der Waals surface area contributed by atoms with Crippen molar-refractivity contribution in [2.45, 2.75) is 44.7 Å². The number of nitrogens with one attached hydrogen (secondary N) is 3. The molecule has 3 amide bonds. The van der Waals surface area contributed by atoms with Gasteiger partial charge >= 0.3 is 12.0 Å². The predicted molar refractivity (Wildman–Crippen MR) is 64.0 cm³/mol. The number of unbranched alkanes of at least 4 members (excludes halogenated alkanes) is 1. The lowest BCUT2D eigenvalue weighted by molar-refractivity contribution is -0.139. The van der Waals surface area contributed by atoms with Gasteiger partial charge in [-0.15, -0.1) is 0 Å². The van der Waals surface area contributed by atoms with Crippen LogP contribution in [0.1, 0.15) is 32.6 Å². The minimum absolute atomic E-state index is 0.110. The van der Waals surface area contributed by atoms with Gasteiger partial charge in [0.05, 0.1) is 6.04 Å². The summed E-state index contributed by atoms with van der Waals surface area (Å²) in [4.78, 5) is 33.4. The maximum Gasteiger partial charge on any atom is 0.326 e. The number of aliphatic carboxylic acids is 1. The summed E-state index contributed by atoms with van der Waals surface area (Å²) >= 11 is 0. The van der Waals surface area contributed by atoms with Crippen LogP contribution in [0.5, 0.6) is 0 Å². The van der Waals surface area contributed by atoms with Crippen LogP contribution in [0.2, 0.25) is 0 Å². The first-order chi connectivity index (χ1) is 8.52. The lowest BCUT2D eigenvalue weighted by Crippen LogP contribution is -2.49. The third-order valence-electron chi connectivity index (χ3n) is 2.76. The maximum absolute atomic E-state index is 11.6. The normalized spacial score (nSPS) is 20.1. The summed E-state index contributed by atoms with van der Waals surface area (Å²) in [6.45, 7) is 2.34. The molecule has 1 saturated heterocycles. The van der Waals surface area contributed by atoms with E-state index in [0.717, 1.165) is 12.8 Å². The van der Waals surface area contributed by atoms with E-state index in [-0.39, 0.29) is 18.4 Å². The van der Waals surface area contributed by atoms with E-state index in [0.29, 0.717) is 13.0 Å². The third-order valence-corrected chi connectivity index (χ3v) is 2.76. The molecule has 2 unspecified atom stereocenters. The molecular weight excluding hydrogens is 238 g/mol. The minimum Gasteiger partial charge on any atom is -0.480 e. The first-order valence-corrected chi connectivity index (χ1v) is 6.09. The molecule has 0 radical (unpaired) electrons. The van der Waals surface area contributed by atoms with Crippen LogP contribution in [0, 0.1) is 0 Å². The summed E-state index contributed by atoms with van der Waals surface area (Å²) in [6, 6.07) is -1.69. The van der Waals surface area contributed by atoms with Gasteiger partial charge in [-0.25, -0.2) is 9.59 Å². The van der Waals surface area contributed by atoms with Gasteiger partial charge in [-0.3, -0.25) is 4.79 Å². The van der Waals surface area contributed by atoms with E-state index in [9.17, 15) is 14.4 Å². The van der Waals surface area contributed by atoms with E-state index in [1.54, 1.807) is 0 Å². The van der Waals surface area contributed by atoms with Gasteiger partial charge in [-0.1, -0.05) is 19.8 Å². The van der Waals surface area contributed by atoms with Crippen molar-refractivity contribution in [2.24, 2.45) is 0 Å². The lowest BCUT2D eigenvalue weighted by atomic mass is 10.1. The van der Waals surface area contributed by atoms with Crippen LogP contribution in [0.4, 0.5) is 4.79 Å². The van der Waals surface area contributed by atoms with Gasteiger partial charge < -0.3 is 21.1 Å². The zero-order valence-electron chi connectivity index (χ0n) is 10.4. The molecule has 0 aromatic heterocycles. The fourth-order valence-corrected chi connectivity index (χ4v) is 1.76. The number of urea groups is 1. The highest BCUT2D eigenvalue weighted by atomic mass is 16.4. The topological polar surface area (TPSA) is 108 Å². The minimum atomic E-state index is -1.04. The summed E-state index contributed by atoms with van der Waals surface area (Å²) in [6.07, 6.45) is 2.25. The molecule has 0 spiro atoms. The van der Waals surface area contributed by atoms with Crippen LogP contribution in [-0.4, -0.2) is 41.6 Å². The molecule has 1 aliphatic heterocycles. The number of carboxylic acids is 1. The SMILES string of the molecule is CCCCC(NC(=O)NC1CNC(=O)C1)C(=O)O. The number of hydrogen-bond donors (Lipinski definition) is 4. The molecule has 4 N–H and O–H groups in total. The van der Waals surface area contributed by atoms with Crippen molar-refractivity contribution in [3.8, 4) is 0 Å². The van der Waals surface area contributed by atoms with Crippen molar-refractivity contribution in [1.29, 1.82) is 0 Å². The Hall–Kier alpha value is -1.79. The molecule has 18 heavy (non-hydrogen) atoms. The van der Waals surface area contributed by atoms with Gasteiger partial charge in [-0.2, -0.15) is 0 Å². The van der Waals surface area contributed by atoms with E-state index >= 15 is 0 Å². The van der Waals surface area contributed by atoms with Gasteiger partial charge in [0, 0.05) is 13.0 Å². The summed E-state index contributed by atoms with van der Waals surface area (Å²) in [5, 5.41) is 16.5. The highest BCUT2D eigenvalue weighted by Gasteiger charge is 2.25. The second kappa shape index (κ2) is 6.83. The second-order valence-electron chi connectivity index (χ2n) is 4.36. The van der Waals surface area contributed by atoms with Crippen LogP contribution >= 0.6 is 0 Å². The van der Waals surface area contributed by atoms with E-state index in [1.165, 1.54) is 0 Å². The molecule has 0 aromatic carbocycles. The number of carboxylic acid groups (broad SMARTS) is 1. The fourth-order valence-electron chi connectivity index (χ4n) is 1.76. The Bertz CT molecular complexity index is 332. The summed E-state index contributed by atoms with van der Waals surface area (Å²) in [5.41, 5.74) is 0. The van der Waals surface area contributed by atoms with E-state index < -0.39 is 18.0 Å². The number of carbonyl (C=O) groups excluding carboxylic acids is 2. The monoisotopic (exact) mass is 257 g/mol. The Labute approximate surface area is 105 Å². The van der Waals surface area contributed by atoms with E-state index in [1.807, 2.05) is 6.92 Å². The van der Waals surface area contributed by atoms with Crippen molar-refractivity contribution < 1.29 is 19.5 Å². The van der Waals surface area contributed by atoms with Crippen molar-refractivity contribution in [3.63, 3.8) is 0 Å². The van der Waals surface area contributed by atoms with Crippen molar-refractivity contribution >= 4 is 17.9 Å². The van der Waals surface area contributed by atoms with E-state index in [4.69, 9.17) is 5.11 Å². The number of amides is 3.